The first-order chi connectivity index (χ1) is 2.00. The van der Waals surface area contributed by atoms with Gasteiger partial charge in [0.15, 0.2) is 0 Å². The molecule has 0 radical (unpaired) electrons. The molecule has 0 spiro atoms. The van der Waals surface area contributed by atoms with E-state index < -0.39 is 0 Å². The molecule has 6 heavy (non-hydrogen) atoms. The Labute approximate surface area is 45.3 Å². The first kappa shape index (κ1) is 9.54. The fourth-order valence-electron chi connectivity index (χ4n) is 0. The molecule has 0 aliphatic heterocycles. The molecule has 0 saturated carbocycles. The molecule has 0 saturated heterocycles. The average molecular weight is 111 g/mol. The summed E-state index contributed by atoms with van der Waals surface area (Å²) in [6.07, 6.45) is 0. The van der Waals surface area contributed by atoms with E-state index in [1.54, 1.807) is 0 Å². The molecule has 0 aliphatic rings. The van der Waals surface area contributed by atoms with Gasteiger partial charge in [-0.2, -0.15) is 0 Å². The lowest BCUT2D eigenvalue weighted by Crippen LogP contribution is -2.67. The summed E-state index contributed by atoms with van der Waals surface area (Å²) < 4.78 is 0. The molecule has 0 unspecified atom stereocenters. The molecule has 0 aliphatic carbocycles. The van der Waals surface area contributed by atoms with Crippen molar-refractivity contribution >= 4 is 12.4 Å². The maximum atomic E-state index is 3.77. The molecule has 0 bridgehead atoms. The molecule has 1 nitrogen and oxygen atoms in total. The summed E-state index contributed by atoms with van der Waals surface area (Å²) in [5.41, 5.74) is 4.02. The van der Waals surface area contributed by atoms with Gasteiger partial charge < -0.3 is 5.73 Å². The average Bonchev–Trinajstić information content (AvgIpc) is 0.722. The smallest absolute Gasteiger partial charge is 0.0860 e. The summed E-state index contributed by atoms with van der Waals surface area (Å²) in [6, 6.07) is 0. The lowest BCUT2D eigenvalue weighted by molar-refractivity contribution is -0.458. The molecule has 0 rings (SSSR count). The van der Waals surface area contributed by atoms with E-state index in [1.807, 2.05) is 0 Å². The number of quaternary nitrogens is 1. The van der Waals surface area contributed by atoms with Crippen LogP contribution in [0, 0.1) is 0 Å². The highest BCUT2D eigenvalue weighted by Crippen LogP contribution is 1.84. The predicted octanol–water partition coefficient (Wildman–Crippen LogP) is 0.449. The van der Waals surface area contributed by atoms with Crippen molar-refractivity contribution in [2.24, 2.45) is 0 Å². The molecule has 0 heterocycles. The van der Waals surface area contributed by atoms with E-state index in [4.69, 9.17) is 0 Å². The Morgan fingerprint density at radius 2 is 1.17 bits per heavy atom. The van der Waals surface area contributed by atoms with Crippen molar-refractivity contribution < 1.29 is 5.73 Å². The minimum atomic E-state index is 0. The van der Waals surface area contributed by atoms with Crippen LogP contribution in [-0.2, 0) is 0 Å². The minimum Gasteiger partial charge on any atom is -0.353 e. The minimum absolute atomic E-state index is 0. The maximum absolute atomic E-state index is 3.77. The molecule has 40 valence electrons. The largest absolute Gasteiger partial charge is 0.353 e. The fraction of sp³-hybridized carbons (Fsp3) is 1.00. The second-order valence-electron chi connectivity index (χ2n) is 2.56. The molecular weight excluding hydrogens is 97.5 g/mol. The third kappa shape index (κ3) is 718. The van der Waals surface area contributed by atoms with Gasteiger partial charge in [0.1, 0.15) is 0 Å². The van der Waals surface area contributed by atoms with Crippen LogP contribution in [-0.4, -0.2) is 5.54 Å². The zero-order chi connectivity index (χ0) is 4.50. The Morgan fingerprint density at radius 1 is 1.17 bits per heavy atom. The lowest BCUT2D eigenvalue weighted by Gasteiger charge is -2.01. The van der Waals surface area contributed by atoms with Crippen molar-refractivity contribution in [2.75, 3.05) is 0 Å². The van der Waals surface area contributed by atoms with Gasteiger partial charge in [0, 0.05) is 0 Å². The number of rotatable bonds is 0. The van der Waals surface area contributed by atoms with E-state index in [2.05, 4.69) is 26.5 Å². The SMILES string of the molecule is CC(C)(C)[NH3+].Cl. The van der Waals surface area contributed by atoms with Crippen LogP contribution in [0.5, 0.6) is 0 Å². The van der Waals surface area contributed by atoms with E-state index >= 15 is 0 Å². The Bertz CT molecular complexity index is 23.0. The number of hydrogen-bond acceptors (Lipinski definition) is 0. The first-order valence-electron chi connectivity index (χ1n) is 1.85. The van der Waals surface area contributed by atoms with E-state index in [-0.39, 0.29) is 17.9 Å². The first-order valence-corrected chi connectivity index (χ1v) is 1.85. The number of halogens is 1. The number of hydrogen-bond donors (Lipinski definition) is 1. The maximum Gasteiger partial charge on any atom is 0.0860 e. The molecule has 0 fully saturated rings. The van der Waals surface area contributed by atoms with Crippen molar-refractivity contribution in [1.29, 1.82) is 0 Å². The van der Waals surface area contributed by atoms with Crippen LogP contribution in [0.4, 0.5) is 0 Å². The van der Waals surface area contributed by atoms with Gasteiger partial charge in [0.25, 0.3) is 0 Å². The van der Waals surface area contributed by atoms with Crippen LogP contribution >= 0.6 is 12.4 Å². The van der Waals surface area contributed by atoms with E-state index in [1.165, 1.54) is 0 Å². The third-order valence-electron chi connectivity index (χ3n) is 0. The van der Waals surface area contributed by atoms with Crippen molar-refractivity contribution in [1.82, 2.24) is 0 Å². The topological polar surface area (TPSA) is 27.6 Å². The predicted molar refractivity (Wildman–Crippen MR) is 29.9 cm³/mol. The monoisotopic (exact) mass is 110 g/mol. The molecular formula is C4H13ClN+. The van der Waals surface area contributed by atoms with Crippen molar-refractivity contribution in [3.8, 4) is 0 Å². The van der Waals surface area contributed by atoms with Gasteiger partial charge in [-0.1, -0.05) is 0 Å². The summed E-state index contributed by atoms with van der Waals surface area (Å²) in [5, 5.41) is 0. The van der Waals surface area contributed by atoms with Crippen LogP contribution in [0.15, 0.2) is 0 Å². The Balaban J connectivity index is 0. The van der Waals surface area contributed by atoms with Crippen LogP contribution in [0.25, 0.3) is 0 Å². The second kappa shape index (κ2) is 2.43. The Morgan fingerprint density at radius 3 is 1.17 bits per heavy atom. The molecule has 0 aromatic rings. The normalized spacial score (nSPS) is 10.0. The molecule has 0 aromatic heterocycles. The Kier molecular flexibility index (Phi) is 3.86. The summed E-state index contributed by atoms with van der Waals surface area (Å²) in [7, 11) is 0. The molecule has 3 N–H and O–H groups in total. The van der Waals surface area contributed by atoms with Crippen molar-refractivity contribution in [3.63, 3.8) is 0 Å². The fourth-order valence-corrected chi connectivity index (χ4v) is 0. The van der Waals surface area contributed by atoms with Gasteiger partial charge in [-0.25, -0.2) is 0 Å². The highest BCUT2D eigenvalue weighted by atomic mass is 35.5. The summed E-state index contributed by atoms with van der Waals surface area (Å²) in [4.78, 5) is 0. The van der Waals surface area contributed by atoms with Crippen LogP contribution < -0.4 is 5.73 Å². The van der Waals surface area contributed by atoms with E-state index in [9.17, 15) is 0 Å². The van der Waals surface area contributed by atoms with Gasteiger partial charge in [0.05, 0.1) is 5.54 Å². The highest BCUT2D eigenvalue weighted by molar-refractivity contribution is 5.85. The zero-order valence-corrected chi connectivity index (χ0v) is 5.43. The summed E-state index contributed by atoms with van der Waals surface area (Å²) in [6.45, 7) is 6.23. The van der Waals surface area contributed by atoms with Crippen LogP contribution in [0.3, 0.4) is 0 Å². The molecule has 0 amide bonds. The zero-order valence-electron chi connectivity index (χ0n) is 4.62. The summed E-state index contributed by atoms with van der Waals surface area (Å²) in [5.74, 6) is 0. The van der Waals surface area contributed by atoms with Crippen LogP contribution in [0.2, 0.25) is 0 Å². The van der Waals surface area contributed by atoms with Crippen LogP contribution in [0.1, 0.15) is 20.8 Å². The van der Waals surface area contributed by atoms with Gasteiger partial charge in [0.2, 0.25) is 0 Å². The molecule has 0 atom stereocenters. The molecule has 2 heteroatoms. The van der Waals surface area contributed by atoms with Gasteiger partial charge in [-0.15, -0.1) is 12.4 Å². The highest BCUT2D eigenvalue weighted by Gasteiger charge is 2.00. The standard InChI is InChI=1S/C4H11N.ClH/c1-4(2,3)5;/h5H2,1-3H3;1H/p+1. The van der Waals surface area contributed by atoms with Crippen molar-refractivity contribution in [3.05, 3.63) is 0 Å². The quantitative estimate of drug-likeness (QED) is 0.469. The molecule has 0 aromatic carbocycles. The van der Waals surface area contributed by atoms with E-state index in [0.717, 1.165) is 0 Å². The van der Waals surface area contributed by atoms with Gasteiger partial charge >= 0.3 is 0 Å². The van der Waals surface area contributed by atoms with E-state index in [0.29, 0.717) is 0 Å². The third-order valence-corrected chi connectivity index (χ3v) is 0. The lowest BCUT2D eigenvalue weighted by atomic mass is 10.1. The summed E-state index contributed by atoms with van der Waals surface area (Å²) >= 11 is 0. The van der Waals surface area contributed by atoms with Gasteiger partial charge in [-0.05, 0) is 20.8 Å². The Hall–Kier alpha value is 0.250. The second-order valence-corrected chi connectivity index (χ2v) is 2.56. The van der Waals surface area contributed by atoms with Crippen molar-refractivity contribution in [2.45, 2.75) is 26.3 Å². The van der Waals surface area contributed by atoms with Gasteiger partial charge in [-0.3, -0.25) is 0 Å².